The molecular weight excluding hydrogens is 330 g/mol. The van der Waals surface area contributed by atoms with Gasteiger partial charge in [-0.1, -0.05) is 18.2 Å². The van der Waals surface area contributed by atoms with E-state index in [0.717, 1.165) is 18.5 Å². The molecule has 0 atom stereocenters. The first-order valence-electron chi connectivity index (χ1n) is 8.57. The number of carbonyl (C=O) groups is 1. The van der Waals surface area contributed by atoms with Crippen molar-refractivity contribution in [1.82, 2.24) is 19.7 Å². The molecule has 0 spiro atoms. The monoisotopic (exact) mass is 349 g/mol. The van der Waals surface area contributed by atoms with Crippen LogP contribution in [0.1, 0.15) is 46.1 Å². The number of hydrogen-bond acceptors (Lipinski definition) is 4. The summed E-state index contributed by atoms with van der Waals surface area (Å²) in [5.41, 5.74) is 2.44. The summed E-state index contributed by atoms with van der Waals surface area (Å²) in [4.78, 5) is 31.8. The smallest absolute Gasteiger partial charge is 0.256 e. The SMILES string of the molecule is Cc1nc(-n2nc(C3CC3)cc2NC(=O)c2ccccc2)[nH]c(=O)c1C. The Hall–Kier alpha value is -3.22. The van der Waals surface area contributed by atoms with Crippen LogP contribution in [0.5, 0.6) is 0 Å². The summed E-state index contributed by atoms with van der Waals surface area (Å²) in [6.07, 6.45) is 2.17. The summed E-state index contributed by atoms with van der Waals surface area (Å²) in [5, 5.41) is 7.45. The van der Waals surface area contributed by atoms with Crippen LogP contribution in [0.4, 0.5) is 5.82 Å². The van der Waals surface area contributed by atoms with Crippen LogP contribution >= 0.6 is 0 Å². The zero-order valence-corrected chi connectivity index (χ0v) is 14.6. The molecule has 0 aliphatic heterocycles. The molecule has 0 bridgehead atoms. The molecule has 0 radical (unpaired) electrons. The minimum absolute atomic E-state index is 0.212. The fourth-order valence-electron chi connectivity index (χ4n) is 2.74. The van der Waals surface area contributed by atoms with E-state index in [-0.39, 0.29) is 11.5 Å². The van der Waals surface area contributed by atoms with Crippen LogP contribution < -0.4 is 10.9 Å². The number of benzene rings is 1. The molecule has 1 aliphatic carbocycles. The molecule has 1 amide bonds. The van der Waals surface area contributed by atoms with Crippen LogP contribution in [0.3, 0.4) is 0 Å². The molecule has 3 aromatic rings. The third-order valence-corrected chi connectivity index (χ3v) is 4.58. The van der Waals surface area contributed by atoms with Crippen LogP contribution in [0.25, 0.3) is 5.95 Å². The van der Waals surface area contributed by atoms with Crippen LogP contribution in [-0.2, 0) is 0 Å². The first-order valence-corrected chi connectivity index (χ1v) is 8.57. The minimum Gasteiger partial charge on any atom is -0.306 e. The number of H-pyrrole nitrogens is 1. The first-order chi connectivity index (χ1) is 12.5. The average Bonchev–Trinajstić information content (AvgIpc) is 3.41. The van der Waals surface area contributed by atoms with Crippen LogP contribution in [0, 0.1) is 13.8 Å². The third-order valence-electron chi connectivity index (χ3n) is 4.58. The number of hydrogen-bond donors (Lipinski definition) is 2. The first kappa shape index (κ1) is 16.3. The van der Waals surface area contributed by atoms with Gasteiger partial charge in [-0.2, -0.15) is 9.78 Å². The number of anilines is 1. The van der Waals surface area contributed by atoms with Gasteiger partial charge in [0.25, 0.3) is 11.5 Å². The van der Waals surface area contributed by atoms with Gasteiger partial charge in [-0.05, 0) is 38.8 Å². The lowest BCUT2D eigenvalue weighted by molar-refractivity contribution is 0.102. The summed E-state index contributed by atoms with van der Waals surface area (Å²) in [7, 11) is 0. The van der Waals surface area contributed by atoms with Crippen LogP contribution in [0.2, 0.25) is 0 Å². The van der Waals surface area contributed by atoms with E-state index in [1.54, 1.807) is 26.0 Å². The molecule has 7 heteroatoms. The number of aromatic amines is 1. The highest BCUT2D eigenvalue weighted by Gasteiger charge is 2.28. The quantitative estimate of drug-likeness (QED) is 0.757. The summed E-state index contributed by atoms with van der Waals surface area (Å²) < 4.78 is 1.50. The highest BCUT2D eigenvalue weighted by molar-refractivity contribution is 6.03. The second-order valence-corrected chi connectivity index (χ2v) is 6.56. The topological polar surface area (TPSA) is 92.7 Å². The van der Waals surface area contributed by atoms with Crippen molar-refractivity contribution in [3.63, 3.8) is 0 Å². The molecule has 7 nitrogen and oxygen atoms in total. The van der Waals surface area contributed by atoms with Gasteiger partial charge < -0.3 is 5.32 Å². The van der Waals surface area contributed by atoms with E-state index in [1.807, 2.05) is 24.3 Å². The molecule has 1 saturated carbocycles. The van der Waals surface area contributed by atoms with E-state index in [4.69, 9.17) is 0 Å². The van der Waals surface area contributed by atoms with Crippen molar-refractivity contribution in [2.24, 2.45) is 0 Å². The number of nitrogens with zero attached hydrogens (tertiary/aromatic N) is 3. The Morgan fingerprint density at radius 2 is 1.96 bits per heavy atom. The zero-order valence-electron chi connectivity index (χ0n) is 14.6. The van der Waals surface area contributed by atoms with E-state index in [0.29, 0.717) is 34.5 Å². The maximum Gasteiger partial charge on any atom is 0.256 e. The van der Waals surface area contributed by atoms with Crippen molar-refractivity contribution in [2.45, 2.75) is 32.6 Å². The minimum atomic E-state index is -0.236. The molecule has 1 aliphatic rings. The summed E-state index contributed by atoms with van der Waals surface area (Å²) >= 11 is 0. The molecule has 1 aromatic carbocycles. The lowest BCUT2D eigenvalue weighted by Crippen LogP contribution is -2.20. The normalized spacial score (nSPS) is 13.6. The Kier molecular flexibility index (Phi) is 3.91. The van der Waals surface area contributed by atoms with Gasteiger partial charge in [0.1, 0.15) is 5.82 Å². The van der Waals surface area contributed by atoms with Crippen molar-refractivity contribution in [2.75, 3.05) is 5.32 Å². The van der Waals surface area contributed by atoms with Gasteiger partial charge in [0, 0.05) is 28.8 Å². The third kappa shape index (κ3) is 3.03. The van der Waals surface area contributed by atoms with E-state index >= 15 is 0 Å². The Labute approximate surface area is 150 Å². The van der Waals surface area contributed by atoms with E-state index in [2.05, 4.69) is 20.4 Å². The van der Waals surface area contributed by atoms with Gasteiger partial charge in [-0.15, -0.1) is 0 Å². The van der Waals surface area contributed by atoms with Crippen molar-refractivity contribution in [1.29, 1.82) is 0 Å². The fourth-order valence-corrected chi connectivity index (χ4v) is 2.74. The summed E-state index contributed by atoms with van der Waals surface area (Å²) in [6, 6.07) is 10.8. The number of rotatable bonds is 4. The Bertz CT molecular complexity index is 1030. The lowest BCUT2D eigenvalue weighted by Gasteiger charge is -2.09. The fraction of sp³-hybridized carbons (Fsp3) is 0.263. The molecule has 0 saturated heterocycles. The Morgan fingerprint density at radius 1 is 1.23 bits per heavy atom. The molecule has 2 N–H and O–H groups in total. The van der Waals surface area contributed by atoms with E-state index in [9.17, 15) is 9.59 Å². The van der Waals surface area contributed by atoms with Crippen molar-refractivity contribution in [3.05, 3.63) is 69.3 Å². The number of nitrogens with one attached hydrogen (secondary N) is 2. The lowest BCUT2D eigenvalue weighted by atomic mass is 10.2. The van der Waals surface area contributed by atoms with Gasteiger partial charge in [0.2, 0.25) is 5.95 Å². The molecule has 0 unspecified atom stereocenters. The molecule has 1 fully saturated rings. The average molecular weight is 349 g/mol. The summed E-state index contributed by atoms with van der Waals surface area (Å²) in [5.74, 6) is 0.961. The van der Waals surface area contributed by atoms with Crippen LogP contribution in [0.15, 0.2) is 41.2 Å². The van der Waals surface area contributed by atoms with Gasteiger partial charge in [-0.25, -0.2) is 4.98 Å². The number of aromatic nitrogens is 4. The van der Waals surface area contributed by atoms with Gasteiger partial charge in [0.15, 0.2) is 0 Å². The molecule has 2 aromatic heterocycles. The standard InChI is InChI=1S/C19H19N5O2/c1-11-12(2)20-19(22-17(11)25)24-16(10-15(23-24)13-8-9-13)21-18(26)14-6-4-3-5-7-14/h3-7,10,13H,8-9H2,1-2H3,(H,21,26)(H,20,22,25). The number of aryl methyl sites for hydroxylation is 1. The van der Waals surface area contributed by atoms with E-state index < -0.39 is 0 Å². The highest BCUT2D eigenvalue weighted by Crippen LogP contribution is 2.40. The number of carbonyl (C=O) groups excluding carboxylic acids is 1. The highest BCUT2D eigenvalue weighted by atomic mass is 16.1. The van der Waals surface area contributed by atoms with Gasteiger partial charge in [0.05, 0.1) is 5.69 Å². The van der Waals surface area contributed by atoms with Crippen LogP contribution in [-0.4, -0.2) is 25.7 Å². The zero-order chi connectivity index (χ0) is 18.3. The predicted octanol–water partition coefficient (Wildman–Crippen LogP) is 2.70. The second-order valence-electron chi connectivity index (χ2n) is 6.56. The maximum absolute atomic E-state index is 12.5. The molecule has 2 heterocycles. The molecule has 132 valence electrons. The van der Waals surface area contributed by atoms with Gasteiger partial charge in [-0.3, -0.25) is 14.6 Å². The number of amides is 1. The summed E-state index contributed by atoms with van der Waals surface area (Å²) in [6.45, 7) is 3.50. The van der Waals surface area contributed by atoms with E-state index in [1.165, 1.54) is 4.68 Å². The van der Waals surface area contributed by atoms with Crippen molar-refractivity contribution >= 4 is 11.7 Å². The molecular formula is C19H19N5O2. The maximum atomic E-state index is 12.5. The molecule has 26 heavy (non-hydrogen) atoms. The second kappa shape index (κ2) is 6.25. The predicted molar refractivity (Wildman–Crippen MR) is 97.8 cm³/mol. The largest absolute Gasteiger partial charge is 0.306 e. The van der Waals surface area contributed by atoms with Crippen molar-refractivity contribution in [3.8, 4) is 5.95 Å². The molecule has 4 rings (SSSR count). The van der Waals surface area contributed by atoms with Gasteiger partial charge >= 0.3 is 0 Å². The Balaban J connectivity index is 1.75. The van der Waals surface area contributed by atoms with Crippen molar-refractivity contribution < 1.29 is 4.79 Å². The Morgan fingerprint density at radius 3 is 2.62 bits per heavy atom.